The van der Waals surface area contributed by atoms with E-state index in [1.165, 1.54) is 25.8 Å². The van der Waals surface area contributed by atoms with Gasteiger partial charge in [0.05, 0.1) is 6.04 Å². The van der Waals surface area contributed by atoms with E-state index in [2.05, 4.69) is 50.5 Å². The molecule has 18 heavy (non-hydrogen) atoms. The summed E-state index contributed by atoms with van der Waals surface area (Å²) in [6.07, 6.45) is 1.12. The molecule has 0 aliphatic heterocycles. The molecule has 0 radical (unpaired) electrons. The largest absolute Gasteiger partial charge is 0.305 e. The standard InChI is InChI=1S/C15H21NS2/c1-5-12-7-8-17-15(12)13(16-6-2)14-10(3)9-11(4)18-14/h7-9,13,16H,5-6H2,1-4H3. The molecule has 98 valence electrons. The Hall–Kier alpha value is -0.640. The van der Waals surface area contributed by atoms with E-state index in [9.17, 15) is 0 Å². The Balaban J connectivity index is 2.42. The van der Waals surface area contributed by atoms with Crippen molar-refractivity contribution in [3.8, 4) is 0 Å². The van der Waals surface area contributed by atoms with E-state index in [-0.39, 0.29) is 0 Å². The van der Waals surface area contributed by atoms with Crippen molar-refractivity contribution in [2.45, 2.75) is 40.2 Å². The zero-order valence-electron chi connectivity index (χ0n) is 11.5. The van der Waals surface area contributed by atoms with E-state index in [0.717, 1.165) is 13.0 Å². The van der Waals surface area contributed by atoms with Crippen molar-refractivity contribution >= 4 is 22.7 Å². The van der Waals surface area contributed by atoms with Crippen molar-refractivity contribution in [2.24, 2.45) is 0 Å². The first-order valence-electron chi connectivity index (χ1n) is 6.53. The fourth-order valence-electron chi connectivity index (χ4n) is 2.35. The average Bonchev–Trinajstić information content (AvgIpc) is 2.92. The summed E-state index contributed by atoms with van der Waals surface area (Å²) in [5, 5.41) is 5.87. The smallest absolute Gasteiger partial charge is 0.0770 e. The Kier molecular flexibility index (Phi) is 4.60. The van der Waals surface area contributed by atoms with Crippen LogP contribution < -0.4 is 5.32 Å². The molecule has 0 amide bonds. The summed E-state index contributed by atoms with van der Waals surface area (Å²) in [5.41, 5.74) is 2.90. The van der Waals surface area contributed by atoms with E-state index in [0.29, 0.717) is 6.04 Å². The molecule has 0 aromatic carbocycles. The minimum absolute atomic E-state index is 0.378. The lowest BCUT2D eigenvalue weighted by Crippen LogP contribution is -2.21. The average molecular weight is 279 g/mol. The highest BCUT2D eigenvalue weighted by molar-refractivity contribution is 7.13. The molecule has 2 aromatic heterocycles. The van der Waals surface area contributed by atoms with Gasteiger partial charge < -0.3 is 5.32 Å². The van der Waals surface area contributed by atoms with Gasteiger partial charge in [-0.1, -0.05) is 13.8 Å². The molecule has 2 rings (SSSR count). The molecular weight excluding hydrogens is 258 g/mol. The van der Waals surface area contributed by atoms with Crippen LogP contribution in [0, 0.1) is 13.8 Å². The Bertz CT molecular complexity index is 510. The molecule has 0 bridgehead atoms. The number of rotatable bonds is 5. The summed E-state index contributed by atoms with van der Waals surface area (Å²) >= 11 is 3.80. The highest BCUT2D eigenvalue weighted by Gasteiger charge is 2.20. The molecule has 0 saturated carbocycles. The molecule has 2 aromatic rings. The van der Waals surface area contributed by atoms with Crippen LogP contribution in [0.15, 0.2) is 17.5 Å². The van der Waals surface area contributed by atoms with Crippen LogP contribution in [0.25, 0.3) is 0 Å². The molecule has 3 heteroatoms. The first-order valence-corrected chi connectivity index (χ1v) is 8.23. The molecular formula is C15H21NS2. The predicted octanol–water partition coefficient (Wildman–Crippen LogP) is 4.69. The van der Waals surface area contributed by atoms with E-state index in [1.54, 1.807) is 0 Å². The van der Waals surface area contributed by atoms with Crippen molar-refractivity contribution in [3.05, 3.63) is 43.3 Å². The van der Waals surface area contributed by atoms with Crippen LogP contribution in [0.1, 0.15) is 45.6 Å². The minimum atomic E-state index is 0.378. The third-order valence-electron chi connectivity index (χ3n) is 3.17. The molecule has 1 nitrogen and oxygen atoms in total. The van der Waals surface area contributed by atoms with Gasteiger partial charge >= 0.3 is 0 Å². The number of hydrogen-bond donors (Lipinski definition) is 1. The number of aryl methyl sites for hydroxylation is 3. The maximum absolute atomic E-state index is 3.65. The summed E-state index contributed by atoms with van der Waals surface area (Å²) in [4.78, 5) is 4.37. The summed E-state index contributed by atoms with van der Waals surface area (Å²) in [6, 6.07) is 4.94. The molecule has 0 aliphatic carbocycles. The quantitative estimate of drug-likeness (QED) is 0.837. The fourth-order valence-corrected chi connectivity index (χ4v) is 4.62. The van der Waals surface area contributed by atoms with Gasteiger partial charge in [-0.15, -0.1) is 22.7 Å². The molecule has 0 spiro atoms. The van der Waals surface area contributed by atoms with Gasteiger partial charge in [0.25, 0.3) is 0 Å². The number of thiophene rings is 2. The SMILES string of the molecule is CCNC(c1sc(C)cc1C)c1sccc1CC. The normalized spacial score (nSPS) is 12.9. The lowest BCUT2D eigenvalue weighted by molar-refractivity contribution is 0.642. The van der Waals surface area contributed by atoms with E-state index >= 15 is 0 Å². The number of nitrogens with one attached hydrogen (secondary N) is 1. The molecule has 0 aliphatic rings. The minimum Gasteiger partial charge on any atom is -0.305 e. The van der Waals surface area contributed by atoms with Crippen molar-refractivity contribution in [2.75, 3.05) is 6.54 Å². The highest BCUT2D eigenvalue weighted by atomic mass is 32.1. The van der Waals surface area contributed by atoms with Crippen LogP contribution >= 0.6 is 22.7 Å². The molecule has 1 atom stereocenters. The van der Waals surface area contributed by atoms with Crippen LogP contribution in [-0.2, 0) is 6.42 Å². The Morgan fingerprint density at radius 1 is 1.22 bits per heavy atom. The van der Waals surface area contributed by atoms with Gasteiger partial charge in [0, 0.05) is 14.6 Å². The lowest BCUT2D eigenvalue weighted by Gasteiger charge is -2.18. The maximum Gasteiger partial charge on any atom is 0.0770 e. The van der Waals surface area contributed by atoms with Gasteiger partial charge in [-0.25, -0.2) is 0 Å². The predicted molar refractivity (Wildman–Crippen MR) is 83.0 cm³/mol. The van der Waals surface area contributed by atoms with Gasteiger partial charge in [-0.3, -0.25) is 0 Å². The summed E-state index contributed by atoms with van der Waals surface area (Å²) in [7, 11) is 0. The molecule has 0 saturated heterocycles. The Labute approximate surface area is 118 Å². The zero-order chi connectivity index (χ0) is 13.1. The van der Waals surface area contributed by atoms with Gasteiger partial charge in [-0.05, 0) is 55.5 Å². The second-order valence-corrected chi connectivity index (χ2v) is 6.79. The van der Waals surface area contributed by atoms with Gasteiger partial charge in [-0.2, -0.15) is 0 Å². The van der Waals surface area contributed by atoms with E-state index in [4.69, 9.17) is 0 Å². The van der Waals surface area contributed by atoms with E-state index in [1.807, 2.05) is 22.7 Å². The summed E-state index contributed by atoms with van der Waals surface area (Å²) in [6.45, 7) is 9.84. The summed E-state index contributed by atoms with van der Waals surface area (Å²) in [5.74, 6) is 0. The van der Waals surface area contributed by atoms with Crippen LogP contribution in [0.2, 0.25) is 0 Å². The van der Waals surface area contributed by atoms with Crippen LogP contribution in [-0.4, -0.2) is 6.54 Å². The molecule has 1 unspecified atom stereocenters. The molecule has 0 fully saturated rings. The highest BCUT2D eigenvalue weighted by Crippen LogP contribution is 2.36. The second kappa shape index (κ2) is 6.00. The maximum atomic E-state index is 3.65. The van der Waals surface area contributed by atoms with Crippen LogP contribution in [0.3, 0.4) is 0 Å². The van der Waals surface area contributed by atoms with Crippen molar-refractivity contribution in [3.63, 3.8) is 0 Å². The monoisotopic (exact) mass is 279 g/mol. The number of hydrogen-bond acceptors (Lipinski definition) is 3. The first kappa shape index (κ1) is 13.8. The van der Waals surface area contributed by atoms with Gasteiger partial charge in [0.15, 0.2) is 0 Å². The second-order valence-electron chi connectivity index (χ2n) is 4.56. The van der Waals surface area contributed by atoms with Crippen molar-refractivity contribution in [1.82, 2.24) is 5.32 Å². The van der Waals surface area contributed by atoms with Crippen molar-refractivity contribution in [1.29, 1.82) is 0 Å². The third kappa shape index (κ3) is 2.68. The van der Waals surface area contributed by atoms with Crippen molar-refractivity contribution < 1.29 is 0 Å². The molecule has 1 N–H and O–H groups in total. The Morgan fingerprint density at radius 3 is 2.56 bits per heavy atom. The topological polar surface area (TPSA) is 12.0 Å². The molecule has 2 heterocycles. The van der Waals surface area contributed by atoms with Gasteiger partial charge in [0.1, 0.15) is 0 Å². The van der Waals surface area contributed by atoms with Crippen LogP contribution in [0.4, 0.5) is 0 Å². The summed E-state index contributed by atoms with van der Waals surface area (Å²) < 4.78 is 0. The third-order valence-corrected chi connectivity index (χ3v) is 5.42. The van der Waals surface area contributed by atoms with Crippen LogP contribution in [0.5, 0.6) is 0 Å². The first-order chi connectivity index (χ1) is 8.67. The lowest BCUT2D eigenvalue weighted by atomic mass is 10.1. The fraction of sp³-hybridized carbons (Fsp3) is 0.467. The van der Waals surface area contributed by atoms with E-state index < -0.39 is 0 Å². The Morgan fingerprint density at radius 2 is 2.00 bits per heavy atom. The zero-order valence-corrected chi connectivity index (χ0v) is 13.2. The van der Waals surface area contributed by atoms with Gasteiger partial charge in [0.2, 0.25) is 0 Å².